The molecule has 1 aromatic rings. The van der Waals surface area contributed by atoms with Crippen molar-refractivity contribution in [2.45, 2.75) is 19.4 Å². The average molecular weight is 137 g/mol. The first-order valence-corrected chi connectivity index (χ1v) is 3.64. The fourth-order valence-electron chi connectivity index (χ4n) is 1.34. The zero-order chi connectivity index (χ0) is 6.97. The molecule has 2 rings (SSSR count). The Bertz CT molecular complexity index is 229. The van der Waals surface area contributed by atoms with Gasteiger partial charge in [-0.15, -0.1) is 0 Å². The summed E-state index contributed by atoms with van der Waals surface area (Å²) in [6, 6.07) is 0.610. The maximum Gasteiger partial charge on any atom is 0.203 e. The monoisotopic (exact) mass is 137 g/mol. The standard InChI is InChI=1S/C7H11N3/c1-6-2-3-8-7-9-4-5-10(6)7/h4-6H,2-3H2,1H3,(H,8,9). The number of nitrogens with one attached hydrogen (secondary N) is 1. The van der Waals surface area contributed by atoms with Crippen molar-refractivity contribution in [1.82, 2.24) is 9.55 Å². The number of hydrogen-bond donors (Lipinski definition) is 1. The summed E-state index contributed by atoms with van der Waals surface area (Å²) in [5.41, 5.74) is 0. The molecule has 0 spiro atoms. The summed E-state index contributed by atoms with van der Waals surface area (Å²) in [5.74, 6) is 1.01. The highest BCUT2D eigenvalue weighted by atomic mass is 15.2. The largest absolute Gasteiger partial charge is 0.356 e. The van der Waals surface area contributed by atoms with Gasteiger partial charge in [-0.1, -0.05) is 0 Å². The van der Waals surface area contributed by atoms with Crippen LogP contribution in [-0.2, 0) is 0 Å². The van der Waals surface area contributed by atoms with Crippen LogP contribution in [0.3, 0.4) is 0 Å². The molecule has 0 fully saturated rings. The van der Waals surface area contributed by atoms with Gasteiger partial charge in [-0.25, -0.2) is 4.98 Å². The number of hydrogen-bond acceptors (Lipinski definition) is 2. The van der Waals surface area contributed by atoms with E-state index in [9.17, 15) is 0 Å². The molecule has 0 bridgehead atoms. The molecule has 1 N–H and O–H groups in total. The molecule has 0 aromatic carbocycles. The number of aromatic nitrogens is 2. The summed E-state index contributed by atoms with van der Waals surface area (Å²) in [6.45, 7) is 3.27. The fourth-order valence-corrected chi connectivity index (χ4v) is 1.34. The first kappa shape index (κ1) is 5.77. The van der Waals surface area contributed by atoms with Crippen LogP contribution < -0.4 is 5.32 Å². The predicted octanol–water partition coefficient (Wildman–Crippen LogP) is 1.26. The van der Waals surface area contributed by atoms with Gasteiger partial charge in [-0.2, -0.15) is 0 Å². The SMILES string of the molecule is CC1CCNc2nccn21. The minimum atomic E-state index is 0.610. The van der Waals surface area contributed by atoms with Crippen LogP contribution in [0, 0.1) is 0 Å². The minimum absolute atomic E-state index is 0.610. The van der Waals surface area contributed by atoms with Gasteiger partial charge in [0.25, 0.3) is 0 Å². The summed E-state index contributed by atoms with van der Waals surface area (Å²) < 4.78 is 2.17. The van der Waals surface area contributed by atoms with Crippen molar-refractivity contribution in [3.63, 3.8) is 0 Å². The van der Waals surface area contributed by atoms with E-state index in [0.29, 0.717) is 6.04 Å². The van der Waals surface area contributed by atoms with E-state index >= 15 is 0 Å². The van der Waals surface area contributed by atoms with Gasteiger partial charge >= 0.3 is 0 Å². The molecule has 0 amide bonds. The number of nitrogens with zero attached hydrogens (tertiary/aromatic N) is 2. The lowest BCUT2D eigenvalue weighted by atomic mass is 10.2. The summed E-state index contributed by atoms with van der Waals surface area (Å²) in [5, 5.41) is 3.22. The number of anilines is 1. The zero-order valence-corrected chi connectivity index (χ0v) is 6.04. The third kappa shape index (κ3) is 0.701. The van der Waals surface area contributed by atoms with E-state index in [-0.39, 0.29) is 0 Å². The van der Waals surface area contributed by atoms with Gasteiger partial charge in [0.2, 0.25) is 5.95 Å². The Morgan fingerprint density at radius 1 is 1.80 bits per heavy atom. The lowest BCUT2D eigenvalue weighted by Gasteiger charge is -2.22. The quantitative estimate of drug-likeness (QED) is 0.583. The summed E-state index contributed by atoms with van der Waals surface area (Å²) in [6.07, 6.45) is 5.06. The van der Waals surface area contributed by atoms with E-state index in [2.05, 4.69) is 21.8 Å². The summed E-state index contributed by atoms with van der Waals surface area (Å²) in [7, 11) is 0. The maximum absolute atomic E-state index is 4.16. The molecule has 2 heterocycles. The third-order valence-corrected chi connectivity index (χ3v) is 1.99. The Labute approximate surface area is 60.1 Å². The second-order valence-corrected chi connectivity index (χ2v) is 2.72. The van der Waals surface area contributed by atoms with Gasteiger partial charge in [0.1, 0.15) is 0 Å². The highest BCUT2D eigenvalue weighted by molar-refractivity contribution is 5.28. The topological polar surface area (TPSA) is 29.9 Å². The van der Waals surface area contributed by atoms with Crippen molar-refractivity contribution in [3.05, 3.63) is 12.4 Å². The van der Waals surface area contributed by atoms with Crippen molar-refractivity contribution in [2.24, 2.45) is 0 Å². The van der Waals surface area contributed by atoms with Gasteiger partial charge in [0.05, 0.1) is 0 Å². The molecule has 0 radical (unpaired) electrons. The number of rotatable bonds is 0. The number of imidazole rings is 1. The van der Waals surface area contributed by atoms with E-state index < -0.39 is 0 Å². The van der Waals surface area contributed by atoms with Crippen molar-refractivity contribution in [2.75, 3.05) is 11.9 Å². The molecule has 10 heavy (non-hydrogen) atoms. The van der Waals surface area contributed by atoms with Crippen LogP contribution in [0.4, 0.5) is 5.95 Å². The smallest absolute Gasteiger partial charge is 0.203 e. The van der Waals surface area contributed by atoms with Gasteiger partial charge in [-0.05, 0) is 13.3 Å². The van der Waals surface area contributed by atoms with Crippen molar-refractivity contribution >= 4 is 5.95 Å². The second-order valence-electron chi connectivity index (χ2n) is 2.72. The van der Waals surface area contributed by atoms with Crippen molar-refractivity contribution in [1.29, 1.82) is 0 Å². The first-order valence-electron chi connectivity index (χ1n) is 3.64. The maximum atomic E-state index is 4.16. The van der Waals surface area contributed by atoms with E-state index in [1.807, 2.05) is 12.4 Å². The molecule has 1 aliphatic heterocycles. The molecule has 3 nitrogen and oxygen atoms in total. The van der Waals surface area contributed by atoms with E-state index in [1.54, 1.807) is 0 Å². The molecule has 1 aliphatic rings. The van der Waals surface area contributed by atoms with Gasteiger partial charge in [0.15, 0.2) is 0 Å². The Morgan fingerprint density at radius 3 is 3.50 bits per heavy atom. The van der Waals surface area contributed by atoms with Crippen LogP contribution in [0.15, 0.2) is 12.4 Å². The predicted molar refractivity (Wildman–Crippen MR) is 40.0 cm³/mol. The second kappa shape index (κ2) is 2.01. The number of fused-ring (bicyclic) bond motifs is 1. The Morgan fingerprint density at radius 2 is 2.70 bits per heavy atom. The molecule has 3 heteroatoms. The molecule has 0 aliphatic carbocycles. The van der Waals surface area contributed by atoms with Crippen LogP contribution in [0.2, 0.25) is 0 Å². The molecule has 54 valence electrons. The minimum Gasteiger partial charge on any atom is -0.356 e. The molecule has 0 saturated carbocycles. The van der Waals surface area contributed by atoms with E-state index in [0.717, 1.165) is 12.5 Å². The van der Waals surface area contributed by atoms with Gasteiger partial charge in [-0.3, -0.25) is 0 Å². The van der Waals surface area contributed by atoms with Crippen LogP contribution in [0.5, 0.6) is 0 Å². The molecule has 1 atom stereocenters. The van der Waals surface area contributed by atoms with Gasteiger partial charge in [0, 0.05) is 25.0 Å². The van der Waals surface area contributed by atoms with Crippen LogP contribution in [-0.4, -0.2) is 16.1 Å². The third-order valence-electron chi connectivity index (χ3n) is 1.99. The van der Waals surface area contributed by atoms with Crippen molar-refractivity contribution < 1.29 is 0 Å². The summed E-state index contributed by atoms with van der Waals surface area (Å²) >= 11 is 0. The Balaban J connectivity index is 2.41. The normalized spacial score (nSPS) is 23.5. The van der Waals surface area contributed by atoms with Crippen LogP contribution in [0.1, 0.15) is 19.4 Å². The lowest BCUT2D eigenvalue weighted by Crippen LogP contribution is -2.20. The Hall–Kier alpha value is -0.990. The van der Waals surface area contributed by atoms with E-state index in [4.69, 9.17) is 0 Å². The van der Waals surface area contributed by atoms with Gasteiger partial charge < -0.3 is 9.88 Å². The molecule has 0 saturated heterocycles. The molecule has 1 aromatic heterocycles. The lowest BCUT2D eigenvalue weighted by molar-refractivity contribution is 0.498. The fraction of sp³-hybridized carbons (Fsp3) is 0.571. The molecular weight excluding hydrogens is 126 g/mol. The highest BCUT2D eigenvalue weighted by Gasteiger charge is 2.13. The van der Waals surface area contributed by atoms with E-state index in [1.165, 1.54) is 6.42 Å². The molecular formula is C7H11N3. The molecule has 1 unspecified atom stereocenters. The Kier molecular flexibility index (Phi) is 1.16. The average Bonchev–Trinajstić information content (AvgIpc) is 2.36. The highest BCUT2D eigenvalue weighted by Crippen LogP contribution is 2.20. The first-order chi connectivity index (χ1) is 4.88. The van der Waals surface area contributed by atoms with Crippen LogP contribution >= 0.6 is 0 Å². The summed E-state index contributed by atoms with van der Waals surface area (Å²) in [4.78, 5) is 4.16. The van der Waals surface area contributed by atoms with Crippen LogP contribution in [0.25, 0.3) is 0 Å². The zero-order valence-electron chi connectivity index (χ0n) is 6.04. The van der Waals surface area contributed by atoms with Crippen molar-refractivity contribution in [3.8, 4) is 0 Å².